The fourth-order valence-corrected chi connectivity index (χ4v) is 4.60. The molecule has 4 rings (SSSR count). The Kier molecular flexibility index (Phi) is 5.07. The van der Waals surface area contributed by atoms with Crippen LogP contribution in [0.4, 0.5) is 0 Å². The number of nitrogens with zero attached hydrogens (tertiary/aromatic N) is 2. The van der Waals surface area contributed by atoms with Crippen LogP contribution in [0, 0.1) is 0 Å². The highest BCUT2D eigenvalue weighted by atomic mass is 32.1. The van der Waals surface area contributed by atoms with Crippen molar-refractivity contribution in [3.63, 3.8) is 0 Å². The van der Waals surface area contributed by atoms with E-state index in [0.29, 0.717) is 39.0 Å². The van der Waals surface area contributed by atoms with Crippen molar-refractivity contribution in [2.24, 2.45) is 0 Å². The molecule has 0 spiro atoms. The van der Waals surface area contributed by atoms with E-state index in [-0.39, 0.29) is 11.8 Å². The topological polar surface area (TPSA) is 40.6 Å². The maximum atomic E-state index is 12.6. The number of piperazine rings is 1. The molecule has 4 nitrogen and oxygen atoms in total. The summed E-state index contributed by atoms with van der Waals surface area (Å²) in [5.74, 6) is 0.339. The molecule has 26 heavy (non-hydrogen) atoms. The van der Waals surface area contributed by atoms with E-state index < -0.39 is 0 Å². The average Bonchev–Trinajstić information content (AvgIpc) is 3.33. The lowest BCUT2D eigenvalue weighted by molar-refractivity contribution is -0.138. The zero-order valence-corrected chi connectivity index (χ0v) is 15.8. The molecule has 1 aliphatic heterocycles. The van der Waals surface area contributed by atoms with Gasteiger partial charge in [-0.2, -0.15) is 0 Å². The highest BCUT2D eigenvalue weighted by Gasteiger charge is 2.24. The number of hydrogen-bond acceptors (Lipinski definition) is 3. The molecule has 0 radical (unpaired) electrons. The Labute approximate surface area is 158 Å². The van der Waals surface area contributed by atoms with E-state index in [1.54, 1.807) is 11.3 Å². The number of amides is 2. The number of aryl methyl sites for hydroxylation is 2. The fourth-order valence-electron chi connectivity index (χ4n) is 3.90. The van der Waals surface area contributed by atoms with Crippen LogP contribution < -0.4 is 0 Å². The Morgan fingerprint density at radius 2 is 1.58 bits per heavy atom. The monoisotopic (exact) mass is 368 g/mol. The van der Waals surface area contributed by atoms with Crippen LogP contribution in [0.3, 0.4) is 0 Å². The second-order valence-electron chi connectivity index (χ2n) is 7.15. The van der Waals surface area contributed by atoms with Gasteiger partial charge in [0.15, 0.2) is 0 Å². The highest BCUT2D eigenvalue weighted by Crippen LogP contribution is 2.23. The van der Waals surface area contributed by atoms with Gasteiger partial charge >= 0.3 is 0 Å². The number of thiophene rings is 1. The Hall–Kier alpha value is -2.14. The van der Waals surface area contributed by atoms with E-state index >= 15 is 0 Å². The number of carbonyl (C=O) groups excluding carboxylic acids is 2. The van der Waals surface area contributed by atoms with Gasteiger partial charge in [0, 0.05) is 31.1 Å². The largest absolute Gasteiger partial charge is 0.339 e. The molecular formula is C21H24N2O2S. The van der Waals surface area contributed by atoms with Crippen LogP contribution in [-0.2, 0) is 35.3 Å². The molecule has 2 aromatic rings. The molecule has 136 valence electrons. The third kappa shape index (κ3) is 3.83. The molecule has 0 bridgehead atoms. The van der Waals surface area contributed by atoms with Crippen molar-refractivity contribution in [2.45, 2.75) is 32.1 Å². The molecule has 1 fully saturated rings. The highest BCUT2D eigenvalue weighted by molar-refractivity contribution is 7.10. The van der Waals surface area contributed by atoms with Gasteiger partial charge in [-0.3, -0.25) is 9.59 Å². The van der Waals surface area contributed by atoms with Crippen molar-refractivity contribution in [3.05, 3.63) is 57.3 Å². The summed E-state index contributed by atoms with van der Waals surface area (Å²) >= 11 is 1.62. The van der Waals surface area contributed by atoms with Gasteiger partial charge in [-0.15, -0.1) is 11.3 Å². The summed E-state index contributed by atoms with van der Waals surface area (Å²) in [5.41, 5.74) is 3.98. The van der Waals surface area contributed by atoms with E-state index in [9.17, 15) is 9.59 Å². The Morgan fingerprint density at radius 3 is 2.27 bits per heavy atom. The molecule has 0 unspecified atom stereocenters. The summed E-state index contributed by atoms with van der Waals surface area (Å²) in [6.45, 7) is 2.56. The normalized spacial score (nSPS) is 16.6. The molecule has 5 heteroatoms. The molecule has 1 aromatic heterocycles. The van der Waals surface area contributed by atoms with Crippen LogP contribution in [-0.4, -0.2) is 47.8 Å². The lowest BCUT2D eigenvalue weighted by Gasteiger charge is -2.35. The minimum atomic E-state index is 0.165. The molecule has 0 N–H and O–H groups in total. The summed E-state index contributed by atoms with van der Waals surface area (Å²) in [7, 11) is 0. The molecule has 0 atom stereocenters. The van der Waals surface area contributed by atoms with Crippen LogP contribution >= 0.6 is 11.3 Å². The minimum absolute atomic E-state index is 0.165. The SMILES string of the molecule is O=C(Cc1ccc2c(c1)CCC2)N1CCN(C(=O)Cc2cccs2)CC1. The van der Waals surface area contributed by atoms with E-state index in [0.717, 1.165) is 16.9 Å². The van der Waals surface area contributed by atoms with Gasteiger partial charge in [0.05, 0.1) is 12.8 Å². The van der Waals surface area contributed by atoms with Crippen LogP contribution in [0.25, 0.3) is 0 Å². The lowest BCUT2D eigenvalue weighted by Crippen LogP contribution is -2.51. The summed E-state index contributed by atoms with van der Waals surface area (Å²) in [6.07, 6.45) is 4.48. The van der Waals surface area contributed by atoms with Gasteiger partial charge < -0.3 is 9.80 Å². The molecule has 2 heterocycles. The molecule has 1 aromatic carbocycles. The maximum absolute atomic E-state index is 12.6. The smallest absolute Gasteiger partial charge is 0.227 e. The summed E-state index contributed by atoms with van der Waals surface area (Å²) in [4.78, 5) is 29.9. The third-order valence-corrected chi connectivity index (χ3v) is 6.29. The lowest BCUT2D eigenvalue weighted by atomic mass is 10.0. The number of hydrogen-bond donors (Lipinski definition) is 0. The summed E-state index contributed by atoms with van der Waals surface area (Å²) in [5, 5.41) is 2.00. The zero-order valence-electron chi connectivity index (χ0n) is 14.9. The van der Waals surface area contributed by atoms with Crippen LogP contribution in [0.1, 0.15) is 28.0 Å². The van der Waals surface area contributed by atoms with Crippen LogP contribution in [0.15, 0.2) is 35.7 Å². The molecule has 2 amide bonds. The molecular weight excluding hydrogens is 344 g/mol. The number of carbonyl (C=O) groups is 2. The van der Waals surface area contributed by atoms with Crippen molar-refractivity contribution in [3.8, 4) is 0 Å². The van der Waals surface area contributed by atoms with Gasteiger partial charge in [-0.05, 0) is 47.4 Å². The van der Waals surface area contributed by atoms with Crippen LogP contribution in [0.2, 0.25) is 0 Å². The van der Waals surface area contributed by atoms with E-state index in [4.69, 9.17) is 0 Å². The van der Waals surface area contributed by atoms with E-state index in [2.05, 4.69) is 18.2 Å². The molecule has 1 saturated heterocycles. The minimum Gasteiger partial charge on any atom is -0.339 e. The average molecular weight is 369 g/mol. The molecule has 0 saturated carbocycles. The zero-order chi connectivity index (χ0) is 17.9. The van der Waals surface area contributed by atoms with Crippen molar-refractivity contribution >= 4 is 23.2 Å². The van der Waals surface area contributed by atoms with Gasteiger partial charge in [0.1, 0.15) is 0 Å². The summed E-state index contributed by atoms with van der Waals surface area (Å²) in [6, 6.07) is 10.5. The Bertz CT molecular complexity index is 792. The number of fused-ring (bicyclic) bond motifs is 1. The molecule has 1 aliphatic carbocycles. The second kappa shape index (κ2) is 7.62. The van der Waals surface area contributed by atoms with Gasteiger partial charge in [0.2, 0.25) is 11.8 Å². The summed E-state index contributed by atoms with van der Waals surface area (Å²) < 4.78 is 0. The fraction of sp³-hybridized carbons (Fsp3) is 0.429. The first-order valence-electron chi connectivity index (χ1n) is 9.37. The van der Waals surface area contributed by atoms with Crippen molar-refractivity contribution in [1.29, 1.82) is 0 Å². The Morgan fingerprint density at radius 1 is 0.885 bits per heavy atom. The first-order chi connectivity index (χ1) is 12.7. The van der Waals surface area contributed by atoms with Gasteiger partial charge in [-0.1, -0.05) is 24.3 Å². The van der Waals surface area contributed by atoms with E-state index in [1.807, 2.05) is 27.3 Å². The first kappa shape index (κ1) is 17.3. The number of benzene rings is 1. The van der Waals surface area contributed by atoms with Gasteiger partial charge in [-0.25, -0.2) is 0 Å². The third-order valence-electron chi connectivity index (χ3n) is 5.41. The van der Waals surface area contributed by atoms with E-state index in [1.165, 1.54) is 24.0 Å². The van der Waals surface area contributed by atoms with Crippen LogP contribution in [0.5, 0.6) is 0 Å². The molecule has 2 aliphatic rings. The van der Waals surface area contributed by atoms with Crippen molar-refractivity contribution in [1.82, 2.24) is 9.80 Å². The van der Waals surface area contributed by atoms with Crippen molar-refractivity contribution in [2.75, 3.05) is 26.2 Å². The van der Waals surface area contributed by atoms with Gasteiger partial charge in [0.25, 0.3) is 0 Å². The second-order valence-corrected chi connectivity index (χ2v) is 8.18. The predicted molar refractivity (Wildman–Crippen MR) is 103 cm³/mol. The standard InChI is InChI=1S/C21H24N2O2S/c24-20(14-16-6-7-17-3-1-4-18(17)13-16)22-8-10-23(11-9-22)21(25)15-19-5-2-12-26-19/h2,5-7,12-13H,1,3-4,8-11,14-15H2. The Balaban J connectivity index is 1.28. The maximum Gasteiger partial charge on any atom is 0.227 e. The predicted octanol–water partition coefficient (Wildman–Crippen LogP) is 2.69. The first-order valence-corrected chi connectivity index (χ1v) is 10.3. The number of rotatable bonds is 4. The van der Waals surface area contributed by atoms with Crippen molar-refractivity contribution < 1.29 is 9.59 Å². The quantitative estimate of drug-likeness (QED) is 0.833.